The van der Waals surface area contributed by atoms with Crippen LogP contribution in [0.15, 0.2) is 49.1 Å². The van der Waals surface area contributed by atoms with Crippen molar-refractivity contribution in [1.82, 2.24) is 34.7 Å². The molecule has 4 aromatic heterocycles. The highest BCUT2D eigenvalue weighted by Gasteiger charge is 2.22. The first kappa shape index (κ1) is 18.7. The van der Waals surface area contributed by atoms with Crippen molar-refractivity contribution in [3.05, 3.63) is 60.3 Å². The third-order valence-corrected chi connectivity index (χ3v) is 5.10. The number of nitrogen functional groups attached to an aromatic ring is 1. The summed E-state index contributed by atoms with van der Waals surface area (Å²) >= 11 is 0. The first-order chi connectivity index (χ1) is 15.0. The molecule has 5 rings (SSSR count). The van der Waals surface area contributed by atoms with E-state index < -0.39 is 0 Å². The first-order valence-corrected chi connectivity index (χ1v) is 9.70. The van der Waals surface area contributed by atoms with Gasteiger partial charge < -0.3 is 15.5 Å². The summed E-state index contributed by atoms with van der Waals surface area (Å²) in [7, 11) is 1.91. The molecule has 0 aliphatic carbocycles. The Balaban J connectivity index is 1.63. The van der Waals surface area contributed by atoms with Crippen LogP contribution in [-0.2, 0) is 7.05 Å². The molecule has 0 bridgehead atoms. The Kier molecular flexibility index (Phi) is 4.36. The first-order valence-electron chi connectivity index (χ1n) is 9.70. The third kappa shape index (κ3) is 3.25. The molecule has 0 fully saturated rings. The van der Waals surface area contributed by atoms with Gasteiger partial charge in [0.2, 0.25) is 0 Å². The summed E-state index contributed by atoms with van der Waals surface area (Å²) in [6, 6.07) is 9.81. The zero-order chi connectivity index (χ0) is 21.5. The molecular formula is C22H20N8O. The van der Waals surface area contributed by atoms with Crippen molar-refractivity contribution in [1.29, 1.82) is 0 Å². The second kappa shape index (κ2) is 7.21. The monoisotopic (exact) mass is 412 g/mol. The molecule has 0 saturated carbocycles. The number of rotatable bonds is 4. The smallest absolute Gasteiger partial charge is 0.322 e. The number of fused-ring (bicyclic) bond motifs is 1. The molecular weight excluding hydrogens is 392 g/mol. The van der Waals surface area contributed by atoms with Gasteiger partial charge in [0.1, 0.15) is 23.5 Å². The number of anilines is 1. The maximum absolute atomic E-state index is 6.25. The van der Waals surface area contributed by atoms with Crippen LogP contribution in [0, 0.1) is 13.8 Å². The average Bonchev–Trinajstić information content (AvgIpc) is 3.29. The summed E-state index contributed by atoms with van der Waals surface area (Å²) in [6.07, 6.45) is 4.96. The molecule has 0 radical (unpaired) electrons. The molecule has 0 saturated heterocycles. The van der Waals surface area contributed by atoms with Crippen LogP contribution >= 0.6 is 0 Å². The molecule has 1 aromatic carbocycles. The molecule has 0 aliphatic heterocycles. The molecule has 5 aromatic rings. The van der Waals surface area contributed by atoms with Gasteiger partial charge in [0.05, 0.1) is 23.0 Å². The van der Waals surface area contributed by atoms with E-state index in [1.165, 1.54) is 6.33 Å². The summed E-state index contributed by atoms with van der Waals surface area (Å²) < 4.78 is 7.62. The van der Waals surface area contributed by atoms with Crippen molar-refractivity contribution in [2.75, 3.05) is 5.73 Å². The van der Waals surface area contributed by atoms with Gasteiger partial charge in [0.25, 0.3) is 0 Å². The highest BCUT2D eigenvalue weighted by atomic mass is 16.5. The average molecular weight is 412 g/mol. The summed E-state index contributed by atoms with van der Waals surface area (Å²) in [6.45, 7) is 3.91. The number of nitrogens with one attached hydrogen (secondary N) is 1. The predicted molar refractivity (Wildman–Crippen MR) is 118 cm³/mol. The van der Waals surface area contributed by atoms with Gasteiger partial charge in [0.15, 0.2) is 0 Å². The summed E-state index contributed by atoms with van der Waals surface area (Å²) in [5.74, 6) is 1.05. The minimum absolute atomic E-state index is 0.309. The van der Waals surface area contributed by atoms with Gasteiger partial charge in [-0.2, -0.15) is 5.10 Å². The molecule has 0 spiro atoms. The van der Waals surface area contributed by atoms with E-state index in [1.807, 2.05) is 62.1 Å². The lowest BCUT2D eigenvalue weighted by atomic mass is 10.00. The van der Waals surface area contributed by atoms with E-state index in [4.69, 9.17) is 10.5 Å². The van der Waals surface area contributed by atoms with Gasteiger partial charge in [-0.15, -0.1) is 0 Å². The van der Waals surface area contributed by atoms with Crippen molar-refractivity contribution in [2.45, 2.75) is 13.8 Å². The Labute approximate surface area is 178 Å². The summed E-state index contributed by atoms with van der Waals surface area (Å²) in [5.41, 5.74) is 12.5. The van der Waals surface area contributed by atoms with Gasteiger partial charge >= 0.3 is 6.01 Å². The van der Waals surface area contributed by atoms with E-state index in [0.29, 0.717) is 23.2 Å². The SMILES string of the molecule is Cc1ccnc(Oc2ccc(-c3c(-c4c(C)cnn4C)[nH]c4ncnc(N)c34)cc2)n1. The highest BCUT2D eigenvalue weighted by Crippen LogP contribution is 2.40. The number of hydrogen-bond donors (Lipinski definition) is 2. The maximum atomic E-state index is 6.25. The number of aromatic nitrogens is 7. The fourth-order valence-electron chi connectivity index (χ4n) is 3.69. The van der Waals surface area contributed by atoms with Crippen LogP contribution in [0.25, 0.3) is 33.5 Å². The minimum Gasteiger partial charge on any atom is -0.424 e. The maximum Gasteiger partial charge on any atom is 0.322 e. The molecule has 9 heteroatoms. The largest absolute Gasteiger partial charge is 0.424 e. The van der Waals surface area contributed by atoms with Crippen LogP contribution in [0.5, 0.6) is 11.8 Å². The lowest BCUT2D eigenvalue weighted by Crippen LogP contribution is -1.96. The molecule has 0 atom stereocenters. The van der Waals surface area contributed by atoms with Crippen LogP contribution in [-0.4, -0.2) is 34.7 Å². The number of hydrogen-bond acceptors (Lipinski definition) is 7. The van der Waals surface area contributed by atoms with Crippen LogP contribution < -0.4 is 10.5 Å². The van der Waals surface area contributed by atoms with Crippen molar-refractivity contribution >= 4 is 16.9 Å². The molecule has 3 N–H and O–H groups in total. The Morgan fingerprint density at radius 2 is 1.84 bits per heavy atom. The topological polar surface area (TPSA) is 120 Å². The van der Waals surface area contributed by atoms with Crippen LogP contribution in [0.1, 0.15) is 11.3 Å². The van der Waals surface area contributed by atoms with E-state index in [0.717, 1.165) is 39.2 Å². The lowest BCUT2D eigenvalue weighted by Gasteiger charge is -2.09. The molecule has 0 unspecified atom stereocenters. The van der Waals surface area contributed by atoms with Crippen molar-refractivity contribution in [3.63, 3.8) is 0 Å². The third-order valence-electron chi connectivity index (χ3n) is 5.10. The number of nitrogens with zero attached hydrogens (tertiary/aromatic N) is 6. The molecule has 31 heavy (non-hydrogen) atoms. The number of nitrogens with two attached hydrogens (primary N) is 1. The molecule has 0 amide bonds. The number of aryl methyl sites for hydroxylation is 3. The zero-order valence-electron chi connectivity index (χ0n) is 17.3. The Bertz CT molecular complexity index is 1380. The second-order valence-electron chi connectivity index (χ2n) is 7.26. The number of H-pyrrole nitrogens is 1. The minimum atomic E-state index is 0.309. The van der Waals surface area contributed by atoms with Crippen molar-refractivity contribution in [2.24, 2.45) is 7.05 Å². The predicted octanol–water partition coefficient (Wildman–Crippen LogP) is 3.81. The van der Waals surface area contributed by atoms with Gasteiger partial charge in [-0.1, -0.05) is 12.1 Å². The van der Waals surface area contributed by atoms with Gasteiger partial charge in [-0.25, -0.2) is 19.9 Å². The molecule has 9 nitrogen and oxygen atoms in total. The van der Waals surface area contributed by atoms with Crippen molar-refractivity contribution in [3.8, 4) is 34.3 Å². The van der Waals surface area contributed by atoms with E-state index >= 15 is 0 Å². The molecule has 0 aliphatic rings. The normalized spacial score (nSPS) is 11.2. The molecule has 4 heterocycles. The Hall–Kier alpha value is -4.27. The van der Waals surface area contributed by atoms with Gasteiger partial charge in [0, 0.05) is 24.5 Å². The van der Waals surface area contributed by atoms with Crippen LogP contribution in [0.3, 0.4) is 0 Å². The van der Waals surface area contributed by atoms with Crippen LogP contribution in [0.2, 0.25) is 0 Å². The van der Waals surface area contributed by atoms with Gasteiger partial charge in [-0.05, 0) is 43.2 Å². The second-order valence-corrected chi connectivity index (χ2v) is 7.26. The number of ether oxygens (including phenoxy) is 1. The molecule has 154 valence electrons. The van der Waals surface area contributed by atoms with E-state index in [-0.39, 0.29) is 0 Å². The van der Waals surface area contributed by atoms with Gasteiger partial charge in [-0.3, -0.25) is 4.68 Å². The Morgan fingerprint density at radius 1 is 1.03 bits per heavy atom. The van der Waals surface area contributed by atoms with E-state index in [2.05, 4.69) is 30.0 Å². The number of benzene rings is 1. The highest BCUT2D eigenvalue weighted by molar-refractivity contribution is 6.07. The summed E-state index contributed by atoms with van der Waals surface area (Å²) in [4.78, 5) is 20.4. The van der Waals surface area contributed by atoms with Crippen LogP contribution in [0.4, 0.5) is 5.82 Å². The van der Waals surface area contributed by atoms with E-state index in [9.17, 15) is 0 Å². The quantitative estimate of drug-likeness (QED) is 0.460. The van der Waals surface area contributed by atoms with E-state index in [1.54, 1.807) is 6.20 Å². The zero-order valence-corrected chi connectivity index (χ0v) is 17.3. The Morgan fingerprint density at radius 3 is 2.55 bits per heavy atom. The fraction of sp³-hybridized carbons (Fsp3) is 0.136. The summed E-state index contributed by atoms with van der Waals surface area (Å²) in [5, 5.41) is 5.16. The van der Waals surface area contributed by atoms with Crippen molar-refractivity contribution < 1.29 is 4.74 Å². The standard InChI is InChI=1S/C22H20N8O/c1-12-10-27-30(3)19(12)18-16(17-20(23)25-11-26-21(17)29-18)14-4-6-15(7-5-14)31-22-24-9-8-13(2)28-22/h4-11H,1-3H3,(H3,23,25,26,29). The number of aromatic amines is 1. The fourth-order valence-corrected chi connectivity index (χ4v) is 3.69. The lowest BCUT2D eigenvalue weighted by molar-refractivity contribution is 0.440.